The number of nitrogens with zero attached hydrogens (tertiary/aromatic N) is 1. The number of carbonyl (C=O) groups excluding carboxylic acids is 1. The molecule has 1 aromatic heterocycles. The molecule has 0 aliphatic carbocycles. The number of hydrogen-bond donors (Lipinski definition) is 3. The first kappa shape index (κ1) is 15.9. The van der Waals surface area contributed by atoms with E-state index in [1.54, 1.807) is 24.3 Å². The van der Waals surface area contributed by atoms with Crippen LogP contribution in [0.3, 0.4) is 0 Å². The van der Waals surface area contributed by atoms with E-state index in [-0.39, 0.29) is 18.3 Å². The van der Waals surface area contributed by atoms with E-state index in [1.165, 1.54) is 18.3 Å². The maximum Gasteiger partial charge on any atom is 0.252 e. The molecule has 0 fully saturated rings. The van der Waals surface area contributed by atoms with E-state index < -0.39 is 6.10 Å². The summed E-state index contributed by atoms with van der Waals surface area (Å²) in [6.45, 7) is 2.59. The van der Waals surface area contributed by atoms with Gasteiger partial charge in [-0.3, -0.25) is 4.79 Å². The first-order valence-corrected chi connectivity index (χ1v) is 7.01. The SMILES string of the molecule is CCNC(=O)c1ccc(NC[C@H](O)c2cccc(F)c2)nc1. The largest absolute Gasteiger partial charge is 0.387 e. The summed E-state index contributed by atoms with van der Waals surface area (Å²) >= 11 is 0. The van der Waals surface area contributed by atoms with Crippen molar-refractivity contribution in [3.8, 4) is 0 Å². The van der Waals surface area contributed by atoms with Crippen molar-refractivity contribution in [3.05, 3.63) is 59.5 Å². The van der Waals surface area contributed by atoms with Gasteiger partial charge in [-0.05, 0) is 36.8 Å². The smallest absolute Gasteiger partial charge is 0.252 e. The normalized spacial score (nSPS) is 11.8. The van der Waals surface area contributed by atoms with Gasteiger partial charge in [0.15, 0.2) is 0 Å². The van der Waals surface area contributed by atoms with Crippen LogP contribution in [0.15, 0.2) is 42.6 Å². The topological polar surface area (TPSA) is 74.2 Å². The van der Waals surface area contributed by atoms with Crippen molar-refractivity contribution in [1.29, 1.82) is 0 Å². The number of pyridine rings is 1. The predicted molar refractivity (Wildman–Crippen MR) is 82.1 cm³/mol. The Morgan fingerprint density at radius 2 is 2.18 bits per heavy atom. The minimum atomic E-state index is -0.847. The molecular weight excluding hydrogens is 285 g/mol. The van der Waals surface area contributed by atoms with E-state index >= 15 is 0 Å². The highest BCUT2D eigenvalue weighted by Crippen LogP contribution is 2.15. The van der Waals surface area contributed by atoms with Gasteiger partial charge in [0.25, 0.3) is 5.91 Å². The number of anilines is 1. The van der Waals surface area contributed by atoms with Crippen LogP contribution in [0.25, 0.3) is 0 Å². The number of aromatic nitrogens is 1. The van der Waals surface area contributed by atoms with E-state index in [1.807, 2.05) is 6.92 Å². The summed E-state index contributed by atoms with van der Waals surface area (Å²) in [7, 11) is 0. The molecule has 5 nitrogen and oxygen atoms in total. The lowest BCUT2D eigenvalue weighted by molar-refractivity contribution is 0.0955. The van der Waals surface area contributed by atoms with Crippen LogP contribution in [0.4, 0.5) is 10.2 Å². The Balaban J connectivity index is 1.93. The van der Waals surface area contributed by atoms with Crippen molar-refractivity contribution in [2.45, 2.75) is 13.0 Å². The molecule has 1 aromatic carbocycles. The fourth-order valence-corrected chi connectivity index (χ4v) is 1.93. The number of carbonyl (C=O) groups is 1. The van der Waals surface area contributed by atoms with Crippen molar-refractivity contribution < 1.29 is 14.3 Å². The van der Waals surface area contributed by atoms with Crippen LogP contribution in [0, 0.1) is 5.82 Å². The molecule has 0 radical (unpaired) electrons. The maximum atomic E-state index is 13.1. The summed E-state index contributed by atoms with van der Waals surface area (Å²) in [4.78, 5) is 15.7. The number of aliphatic hydroxyl groups is 1. The van der Waals surface area contributed by atoms with Gasteiger partial charge in [-0.2, -0.15) is 0 Å². The quantitative estimate of drug-likeness (QED) is 0.764. The van der Waals surface area contributed by atoms with Gasteiger partial charge in [-0.15, -0.1) is 0 Å². The van der Waals surface area contributed by atoms with Crippen molar-refractivity contribution in [1.82, 2.24) is 10.3 Å². The highest BCUT2D eigenvalue weighted by Gasteiger charge is 2.09. The van der Waals surface area contributed by atoms with Crippen LogP contribution in [0.1, 0.15) is 28.9 Å². The Kier molecular flexibility index (Phi) is 5.43. The van der Waals surface area contributed by atoms with E-state index in [0.29, 0.717) is 23.5 Å². The summed E-state index contributed by atoms with van der Waals surface area (Å²) in [6.07, 6.45) is 0.614. The molecule has 22 heavy (non-hydrogen) atoms. The lowest BCUT2D eigenvalue weighted by Gasteiger charge is -2.13. The minimum Gasteiger partial charge on any atom is -0.387 e. The second-order valence-electron chi connectivity index (χ2n) is 4.74. The van der Waals surface area contributed by atoms with Crippen molar-refractivity contribution in [2.75, 3.05) is 18.4 Å². The van der Waals surface area contributed by atoms with Crippen molar-refractivity contribution in [2.24, 2.45) is 0 Å². The third-order valence-electron chi connectivity index (χ3n) is 3.07. The lowest BCUT2D eigenvalue weighted by Crippen LogP contribution is -2.22. The molecule has 1 atom stereocenters. The molecule has 0 spiro atoms. The average Bonchev–Trinajstić information content (AvgIpc) is 2.53. The Hall–Kier alpha value is -2.47. The lowest BCUT2D eigenvalue weighted by atomic mass is 10.1. The van der Waals surface area contributed by atoms with Crippen LogP contribution >= 0.6 is 0 Å². The number of aliphatic hydroxyl groups excluding tert-OH is 1. The van der Waals surface area contributed by atoms with E-state index in [2.05, 4.69) is 15.6 Å². The number of hydrogen-bond acceptors (Lipinski definition) is 4. The van der Waals surface area contributed by atoms with Gasteiger partial charge >= 0.3 is 0 Å². The number of amides is 1. The van der Waals surface area contributed by atoms with E-state index in [0.717, 1.165) is 0 Å². The molecule has 1 amide bonds. The van der Waals surface area contributed by atoms with E-state index in [4.69, 9.17) is 0 Å². The molecule has 2 aromatic rings. The van der Waals surface area contributed by atoms with Crippen LogP contribution in [-0.2, 0) is 0 Å². The second kappa shape index (κ2) is 7.51. The van der Waals surface area contributed by atoms with Crippen LogP contribution < -0.4 is 10.6 Å². The molecule has 0 aliphatic heterocycles. The third kappa shape index (κ3) is 4.26. The molecule has 0 saturated carbocycles. The first-order valence-electron chi connectivity index (χ1n) is 7.01. The molecule has 116 valence electrons. The van der Waals surface area contributed by atoms with Crippen molar-refractivity contribution in [3.63, 3.8) is 0 Å². The number of nitrogens with one attached hydrogen (secondary N) is 2. The fourth-order valence-electron chi connectivity index (χ4n) is 1.93. The molecule has 6 heteroatoms. The highest BCUT2D eigenvalue weighted by atomic mass is 19.1. The summed E-state index contributed by atoms with van der Waals surface area (Å²) in [5.74, 6) is -0.0363. The van der Waals surface area contributed by atoms with Gasteiger partial charge in [0.05, 0.1) is 11.7 Å². The Bertz CT molecular complexity index is 632. The molecule has 0 bridgehead atoms. The summed E-state index contributed by atoms with van der Waals surface area (Å²) < 4.78 is 13.1. The van der Waals surface area contributed by atoms with Gasteiger partial charge in [-0.1, -0.05) is 12.1 Å². The predicted octanol–water partition coefficient (Wildman–Crippen LogP) is 2.12. The van der Waals surface area contributed by atoms with Crippen LogP contribution in [-0.4, -0.2) is 29.1 Å². The zero-order valence-electron chi connectivity index (χ0n) is 12.2. The molecule has 0 unspecified atom stereocenters. The van der Waals surface area contributed by atoms with Gasteiger partial charge in [0.2, 0.25) is 0 Å². The van der Waals surface area contributed by atoms with Gasteiger partial charge in [0.1, 0.15) is 11.6 Å². The number of halogens is 1. The minimum absolute atomic E-state index is 0.179. The number of benzene rings is 1. The monoisotopic (exact) mass is 303 g/mol. The van der Waals surface area contributed by atoms with Gasteiger partial charge in [0, 0.05) is 19.3 Å². The van der Waals surface area contributed by atoms with Crippen molar-refractivity contribution >= 4 is 11.7 Å². The molecule has 0 saturated heterocycles. The zero-order chi connectivity index (χ0) is 15.9. The van der Waals surface area contributed by atoms with Crippen LogP contribution in [0.5, 0.6) is 0 Å². The summed E-state index contributed by atoms with van der Waals surface area (Å²) in [6, 6.07) is 9.12. The third-order valence-corrected chi connectivity index (χ3v) is 3.07. The second-order valence-corrected chi connectivity index (χ2v) is 4.74. The Morgan fingerprint density at radius 3 is 2.82 bits per heavy atom. The number of rotatable bonds is 6. The van der Waals surface area contributed by atoms with E-state index in [9.17, 15) is 14.3 Å². The van der Waals surface area contributed by atoms with Crippen LogP contribution in [0.2, 0.25) is 0 Å². The zero-order valence-corrected chi connectivity index (χ0v) is 12.2. The Morgan fingerprint density at radius 1 is 1.36 bits per heavy atom. The molecule has 1 heterocycles. The summed E-state index contributed by atoms with van der Waals surface area (Å²) in [5, 5.41) is 15.6. The fraction of sp³-hybridized carbons (Fsp3) is 0.250. The summed E-state index contributed by atoms with van der Waals surface area (Å²) in [5.41, 5.74) is 0.963. The first-order chi connectivity index (χ1) is 10.6. The standard InChI is InChI=1S/C16H18FN3O2/c1-2-18-16(22)12-6-7-15(19-9-12)20-10-14(21)11-4-3-5-13(17)8-11/h3-9,14,21H,2,10H2,1H3,(H,18,22)(H,19,20)/t14-/m0/s1. The molecule has 2 rings (SSSR count). The highest BCUT2D eigenvalue weighted by molar-refractivity contribution is 5.93. The average molecular weight is 303 g/mol. The van der Waals surface area contributed by atoms with Gasteiger partial charge < -0.3 is 15.7 Å². The maximum absolute atomic E-state index is 13.1. The molecular formula is C16H18FN3O2. The Labute approximate surface area is 128 Å². The molecule has 0 aliphatic rings. The van der Waals surface area contributed by atoms with Gasteiger partial charge in [-0.25, -0.2) is 9.37 Å². The molecule has 3 N–H and O–H groups in total.